The van der Waals surface area contributed by atoms with E-state index in [1.165, 1.54) is 0 Å². The number of methoxy groups -OCH3 is 1. The zero-order chi connectivity index (χ0) is 13.8. The summed E-state index contributed by atoms with van der Waals surface area (Å²) >= 11 is 0. The monoisotopic (exact) mass is 249 g/mol. The molecule has 3 heteroatoms. The maximum Gasteiger partial charge on any atom is 0.182 e. The first-order chi connectivity index (χ1) is 8.47. The summed E-state index contributed by atoms with van der Waals surface area (Å²) in [6, 6.07) is 7.34. The first-order valence-electron chi connectivity index (χ1n) is 6.41. The van der Waals surface area contributed by atoms with Crippen LogP contribution in [-0.2, 0) is 0 Å². The Morgan fingerprint density at radius 3 is 2.39 bits per heavy atom. The number of rotatable bonds is 6. The van der Waals surface area contributed by atoms with Crippen molar-refractivity contribution in [1.82, 2.24) is 4.90 Å². The lowest BCUT2D eigenvalue weighted by molar-refractivity contribution is 0.0668. The summed E-state index contributed by atoms with van der Waals surface area (Å²) < 4.78 is 5.16. The Hall–Kier alpha value is -1.35. The van der Waals surface area contributed by atoms with Crippen LogP contribution in [0.4, 0.5) is 0 Å². The van der Waals surface area contributed by atoms with Gasteiger partial charge in [0.15, 0.2) is 5.78 Å². The highest BCUT2D eigenvalue weighted by Gasteiger charge is 2.33. The molecule has 0 unspecified atom stereocenters. The van der Waals surface area contributed by atoms with E-state index in [1.807, 2.05) is 32.0 Å². The van der Waals surface area contributed by atoms with E-state index in [2.05, 4.69) is 18.7 Å². The van der Waals surface area contributed by atoms with Crippen molar-refractivity contribution in [1.29, 1.82) is 0 Å². The van der Waals surface area contributed by atoms with Crippen molar-refractivity contribution in [2.75, 3.05) is 20.2 Å². The summed E-state index contributed by atoms with van der Waals surface area (Å²) in [5, 5.41) is 0. The lowest BCUT2D eigenvalue weighted by Gasteiger charge is -2.35. The van der Waals surface area contributed by atoms with E-state index in [0.717, 1.165) is 18.8 Å². The quantitative estimate of drug-likeness (QED) is 0.726. The number of Topliss-reactive ketones (excluding diaryl/α,β-unsaturated/α-hetero) is 1. The van der Waals surface area contributed by atoms with Gasteiger partial charge in [-0.15, -0.1) is 0 Å². The molecule has 0 radical (unpaired) electrons. The highest BCUT2D eigenvalue weighted by molar-refractivity contribution is 6.02. The zero-order valence-electron chi connectivity index (χ0n) is 12.0. The first-order valence-corrected chi connectivity index (χ1v) is 6.41. The molecule has 0 saturated heterocycles. The minimum absolute atomic E-state index is 0.130. The zero-order valence-corrected chi connectivity index (χ0v) is 12.0. The van der Waals surface area contributed by atoms with Crippen LogP contribution >= 0.6 is 0 Å². The SMILES string of the molecule is CCN(CC)C(C)(C)C(=O)c1cccc(OC)c1. The van der Waals surface area contributed by atoms with Crippen LogP contribution in [0.15, 0.2) is 24.3 Å². The largest absolute Gasteiger partial charge is 0.497 e. The molecule has 100 valence electrons. The second kappa shape index (κ2) is 6.01. The number of nitrogens with zero attached hydrogens (tertiary/aromatic N) is 1. The molecule has 3 nitrogen and oxygen atoms in total. The highest BCUT2D eigenvalue weighted by Crippen LogP contribution is 2.22. The van der Waals surface area contributed by atoms with Gasteiger partial charge in [-0.2, -0.15) is 0 Å². The fourth-order valence-corrected chi connectivity index (χ4v) is 2.28. The number of carbonyl (C=O) groups is 1. The summed E-state index contributed by atoms with van der Waals surface area (Å²) in [4.78, 5) is 14.8. The van der Waals surface area contributed by atoms with Crippen LogP contribution in [-0.4, -0.2) is 36.4 Å². The van der Waals surface area contributed by atoms with Crippen molar-refractivity contribution in [2.45, 2.75) is 33.2 Å². The number of carbonyl (C=O) groups excluding carboxylic acids is 1. The molecule has 0 heterocycles. The Labute approximate surface area is 110 Å². The average Bonchev–Trinajstić information content (AvgIpc) is 2.39. The molecule has 0 spiro atoms. The second-order valence-corrected chi connectivity index (χ2v) is 4.79. The number of hydrogen-bond acceptors (Lipinski definition) is 3. The summed E-state index contributed by atoms with van der Waals surface area (Å²) in [5.41, 5.74) is 0.210. The lowest BCUT2D eigenvalue weighted by atomic mass is 9.91. The Kier molecular flexibility index (Phi) is 4.91. The molecule has 18 heavy (non-hydrogen) atoms. The number of ether oxygens (including phenoxy) is 1. The molecule has 0 aliphatic rings. The van der Waals surface area contributed by atoms with Gasteiger partial charge in [0, 0.05) is 5.56 Å². The Morgan fingerprint density at radius 1 is 1.28 bits per heavy atom. The van der Waals surface area contributed by atoms with E-state index >= 15 is 0 Å². The van der Waals surface area contributed by atoms with Crippen molar-refractivity contribution in [3.05, 3.63) is 29.8 Å². The fraction of sp³-hybridized carbons (Fsp3) is 0.533. The average molecular weight is 249 g/mol. The van der Waals surface area contributed by atoms with Crippen molar-refractivity contribution < 1.29 is 9.53 Å². The molecule has 1 rings (SSSR count). The maximum atomic E-state index is 12.6. The minimum Gasteiger partial charge on any atom is -0.497 e. The molecule has 0 bridgehead atoms. The van der Waals surface area contributed by atoms with Crippen LogP contribution in [0, 0.1) is 0 Å². The van der Waals surface area contributed by atoms with Crippen LogP contribution < -0.4 is 4.74 Å². The summed E-state index contributed by atoms with van der Waals surface area (Å²) in [6.45, 7) is 9.82. The minimum atomic E-state index is -0.490. The van der Waals surface area contributed by atoms with Gasteiger partial charge in [-0.25, -0.2) is 0 Å². The van der Waals surface area contributed by atoms with Crippen molar-refractivity contribution in [3.8, 4) is 5.75 Å². The van der Waals surface area contributed by atoms with Crippen LogP contribution in [0.5, 0.6) is 5.75 Å². The number of hydrogen-bond donors (Lipinski definition) is 0. The molecule has 0 fully saturated rings. The summed E-state index contributed by atoms with van der Waals surface area (Å²) in [5.74, 6) is 0.848. The van der Waals surface area contributed by atoms with Gasteiger partial charge in [0.25, 0.3) is 0 Å². The van der Waals surface area contributed by atoms with Gasteiger partial charge in [0.2, 0.25) is 0 Å². The Morgan fingerprint density at radius 2 is 1.89 bits per heavy atom. The van der Waals surface area contributed by atoms with Gasteiger partial charge in [0.05, 0.1) is 12.6 Å². The van der Waals surface area contributed by atoms with Crippen LogP contribution in [0.25, 0.3) is 0 Å². The van der Waals surface area contributed by atoms with Crippen molar-refractivity contribution >= 4 is 5.78 Å². The van der Waals surface area contributed by atoms with Crippen LogP contribution in [0.1, 0.15) is 38.1 Å². The molecule has 0 amide bonds. The number of benzene rings is 1. The highest BCUT2D eigenvalue weighted by atomic mass is 16.5. The second-order valence-electron chi connectivity index (χ2n) is 4.79. The fourth-order valence-electron chi connectivity index (χ4n) is 2.28. The summed E-state index contributed by atoms with van der Waals surface area (Å²) in [6.07, 6.45) is 0. The molecule has 0 aliphatic carbocycles. The molecule has 0 N–H and O–H groups in total. The number of likely N-dealkylation sites (N-methyl/N-ethyl adjacent to an activating group) is 1. The topological polar surface area (TPSA) is 29.5 Å². The van der Waals surface area contributed by atoms with Gasteiger partial charge in [-0.05, 0) is 39.1 Å². The molecular formula is C15H23NO2. The standard InChI is InChI=1S/C15H23NO2/c1-6-16(7-2)15(3,4)14(17)12-9-8-10-13(11-12)18-5/h8-11H,6-7H2,1-5H3. The molecule has 0 atom stereocenters. The third-order valence-electron chi connectivity index (χ3n) is 3.44. The first kappa shape index (κ1) is 14.7. The normalized spacial score (nSPS) is 11.7. The molecule has 1 aromatic rings. The summed E-state index contributed by atoms with van der Waals surface area (Å²) in [7, 11) is 1.61. The Bertz CT molecular complexity index is 409. The van der Waals surface area contributed by atoms with Gasteiger partial charge >= 0.3 is 0 Å². The van der Waals surface area contributed by atoms with Gasteiger partial charge in [-0.1, -0.05) is 26.0 Å². The molecule has 0 aromatic heterocycles. The van der Waals surface area contributed by atoms with Gasteiger partial charge in [-0.3, -0.25) is 9.69 Å². The van der Waals surface area contributed by atoms with Crippen molar-refractivity contribution in [2.24, 2.45) is 0 Å². The van der Waals surface area contributed by atoms with E-state index < -0.39 is 5.54 Å². The molecule has 0 aliphatic heterocycles. The van der Waals surface area contributed by atoms with Crippen LogP contribution in [0.2, 0.25) is 0 Å². The van der Waals surface area contributed by atoms with Gasteiger partial charge in [0.1, 0.15) is 5.75 Å². The Balaban J connectivity index is 3.04. The molecular weight excluding hydrogens is 226 g/mol. The third-order valence-corrected chi connectivity index (χ3v) is 3.44. The van der Waals surface area contributed by atoms with Gasteiger partial charge < -0.3 is 4.74 Å². The predicted octanol–water partition coefficient (Wildman–Crippen LogP) is 3.00. The third kappa shape index (κ3) is 2.91. The van der Waals surface area contributed by atoms with E-state index in [1.54, 1.807) is 13.2 Å². The predicted molar refractivity (Wildman–Crippen MR) is 74.3 cm³/mol. The van der Waals surface area contributed by atoms with E-state index in [9.17, 15) is 4.79 Å². The number of ketones is 1. The maximum absolute atomic E-state index is 12.6. The smallest absolute Gasteiger partial charge is 0.182 e. The van der Waals surface area contributed by atoms with E-state index in [4.69, 9.17) is 4.74 Å². The van der Waals surface area contributed by atoms with Crippen LogP contribution in [0.3, 0.4) is 0 Å². The molecule has 0 saturated carbocycles. The molecule has 1 aromatic carbocycles. The van der Waals surface area contributed by atoms with Crippen molar-refractivity contribution in [3.63, 3.8) is 0 Å². The lowest BCUT2D eigenvalue weighted by Crippen LogP contribution is -2.49. The van der Waals surface area contributed by atoms with E-state index in [0.29, 0.717) is 5.56 Å². The van der Waals surface area contributed by atoms with E-state index in [-0.39, 0.29) is 5.78 Å².